The molecule has 7 nitrogen and oxygen atoms in total. The normalized spacial score (nSPS) is 17.8. The Morgan fingerprint density at radius 1 is 1.15 bits per heavy atom. The first-order valence-corrected chi connectivity index (χ1v) is 8.64. The number of hydrogen-bond acceptors (Lipinski definition) is 5. The molecule has 26 heavy (non-hydrogen) atoms. The van der Waals surface area contributed by atoms with Gasteiger partial charge in [0, 0.05) is 12.1 Å². The second-order valence-corrected chi connectivity index (χ2v) is 6.68. The molecule has 0 aliphatic carbocycles. The summed E-state index contributed by atoms with van der Waals surface area (Å²) in [6.45, 7) is 0. The van der Waals surface area contributed by atoms with Crippen molar-refractivity contribution in [3.05, 3.63) is 60.2 Å². The molecule has 1 saturated heterocycles. The van der Waals surface area contributed by atoms with E-state index in [4.69, 9.17) is 5.11 Å². The maximum absolute atomic E-state index is 12.2. The van der Waals surface area contributed by atoms with Gasteiger partial charge in [-0.05, 0) is 30.3 Å². The summed E-state index contributed by atoms with van der Waals surface area (Å²) in [6.07, 6.45) is -0.0401. The summed E-state index contributed by atoms with van der Waals surface area (Å²) in [5.74, 6) is -1.73. The Kier molecular flexibility index (Phi) is 5.33. The molecule has 1 atom stereocenters. The molecule has 3 rings (SSSR count). The first-order valence-electron chi connectivity index (χ1n) is 7.76. The molecule has 0 bridgehead atoms. The number of rotatable bonds is 5. The predicted octanol–water partition coefficient (Wildman–Crippen LogP) is 2.63. The third kappa shape index (κ3) is 4.48. The lowest BCUT2D eigenvalue weighted by Gasteiger charge is -2.08. The van der Waals surface area contributed by atoms with E-state index in [0.717, 1.165) is 0 Å². The number of thioether (sulfide) groups is 1. The average Bonchev–Trinajstić information content (AvgIpc) is 2.95. The van der Waals surface area contributed by atoms with Crippen molar-refractivity contribution in [2.75, 3.05) is 5.32 Å². The van der Waals surface area contributed by atoms with E-state index in [1.165, 1.54) is 23.9 Å². The van der Waals surface area contributed by atoms with Crippen LogP contribution < -0.4 is 10.6 Å². The number of hydrogen-bond donors (Lipinski definition) is 3. The third-order valence-corrected chi connectivity index (χ3v) is 4.61. The van der Waals surface area contributed by atoms with Crippen LogP contribution in [0.15, 0.2) is 59.6 Å². The molecule has 0 saturated carbocycles. The lowest BCUT2D eigenvalue weighted by atomic mass is 10.2. The van der Waals surface area contributed by atoms with Gasteiger partial charge in [-0.2, -0.15) is 0 Å². The summed E-state index contributed by atoms with van der Waals surface area (Å²) in [7, 11) is 0. The molecule has 1 unspecified atom stereocenters. The van der Waals surface area contributed by atoms with E-state index in [1.54, 1.807) is 12.1 Å². The Labute approximate surface area is 153 Å². The minimum atomic E-state index is -1.08. The number of aliphatic imine (C=N–C) groups is 1. The van der Waals surface area contributed by atoms with Crippen LogP contribution in [0, 0.1) is 0 Å². The van der Waals surface area contributed by atoms with Crippen molar-refractivity contribution in [2.24, 2.45) is 4.99 Å². The second kappa shape index (κ2) is 7.83. The molecule has 0 spiro atoms. The van der Waals surface area contributed by atoms with Crippen molar-refractivity contribution in [3.8, 4) is 0 Å². The van der Waals surface area contributed by atoms with Crippen molar-refractivity contribution in [2.45, 2.75) is 11.7 Å². The number of amides is 2. The van der Waals surface area contributed by atoms with E-state index in [9.17, 15) is 14.4 Å². The van der Waals surface area contributed by atoms with Crippen LogP contribution in [0.4, 0.5) is 11.4 Å². The Bertz CT molecular complexity index is 883. The molecule has 1 aliphatic rings. The quantitative estimate of drug-likeness (QED) is 0.751. The summed E-state index contributed by atoms with van der Waals surface area (Å²) in [5.41, 5.74) is 1.16. The second-order valence-electron chi connectivity index (χ2n) is 5.49. The first-order chi connectivity index (χ1) is 12.5. The topological polar surface area (TPSA) is 108 Å². The van der Waals surface area contributed by atoms with Gasteiger partial charge in [0.2, 0.25) is 11.8 Å². The van der Waals surface area contributed by atoms with Gasteiger partial charge < -0.3 is 15.7 Å². The summed E-state index contributed by atoms with van der Waals surface area (Å²) < 4.78 is 0. The molecule has 1 aliphatic heterocycles. The molecular weight excluding hydrogens is 354 g/mol. The van der Waals surface area contributed by atoms with Crippen LogP contribution >= 0.6 is 11.8 Å². The van der Waals surface area contributed by atoms with Crippen LogP contribution in [-0.2, 0) is 9.59 Å². The number of carbonyl (C=O) groups excluding carboxylic acids is 2. The number of carboxylic acid groups (broad SMARTS) is 1. The van der Waals surface area contributed by atoms with Crippen LogP contribution in [0.3, 0.4) is 0 Å². The SMILES string of the molecule is O=C(CC1SC(=Nc2ccccc2)NC1=O)Nc1cccc(C(=O)O)c1. The fraction of sp³-hybridized carbons (Fsp3) is 0.111. The largest absolute Gasteiger partial charge is 0.478 e. The van der Waals surface area contributed by atoms with Crippen LogP contribution in [0.2, 0.25) is 0 Å². The fourth-order valence-corrected chi connectivity index (χ4v) is 3.31. The van der Waals surface area contributed by atoms with Gasteiger partial charge in [0.1, 0.15) is 5.25 Å². The number of benzene rings is 2. The van der Waals surface area contributed by atoms with Gasteiger partial charge in [-0.3, -0.25) is 9.59 Å². The van der Waals surface area contributed by atoms with Gasteiger partial charge in [0.05, 0.1) is 11.3 Å². The molecule has 8 heteroatoms. The maximum atomic E-state index is 12.2. The number of amidine groups is 1. The first kappa shape index (κ1) is 17.7. The number of anilines is 1. The standard InChI is InChI=1S/C18H15N3O4S/c22-15(19-13-8-4-5-11(9-13)17(24)25)10-14-16(23)21-18(26-14)20-12-6-2-1-3-7-12/h1-9,14H,10H2,(H,19,22)(H,24,25)(H,20,21,23). The summed E-state index contributed by atoms with van der Waals surface area (Å²) >= 11 is 1.19. The minimum Gasteiger partial charge on any atom is -0.478 e. The molecular formula is C18H15N3O4S. The lowest BCUT2D eigenvalue weighted by Crippen LogP contribution is -2.28. The zero-order valence-electron chi connectivity index (χ0n) is 13.5. The summed E-state index contributed by atoms with van der Waals surface area (Å²) in [4.78, 5) is 39.5. The number of nitrogens with zero attached hydrogens (tertiary/aromatic N) is 1. The molecule has 1 heterocycles. The Morgan fingerprint density at radius 3 is 2.65 bits per heavy atom. The Balaban J connectivity index is 1.61. The number of nitrogens with one attached hydrogen (secondary N) is 2. The Morgan fingerprint density at radius 2 is 1.92 bits per heavy atom. The molecule has 0 radical (unpaired) electrons. The van der Waals surface area contributed by atoms with Gasteiger partial charge in [-0.25, -0.2) is 9.79 Å². The Hall–Kier alpha value is -3.13. The lowest BCUT2D eigenvalue weighted by molar-refractivity contribution is -0.122. The van der Waals surface area contributed by atoms with E-state index in [-0.39, 0.29) is 23.8 Å². The third-order valence-electron chi connectivity index (χ3n) is 3.53. The van der Waals surface area contributed by atoms with Crippen molar-refractivity contribution in [1.82, 2.24) is 5.32 Å². The highest BCUT2D eigenvalue weighted by Gasteiger charge is 2.32. The monoisotopic (exact) mass is 369 g/mol. The van der Waals surface area contributed by atoms with Crippen molar-refractivity contribution in [3.63, 3.8) is 0 Å². The van der Waals surface area contributed by atoms with Gasteiger partial charge in [-0.15, -0.1) is 0 Å². The number of aromatic carboxylic acids is 1. The summed E-state index contributed by atoms with van der Waals surface area (Å²) in [5, 5.41) is 14.1. The fourth-order valence-electron chi connectivity index (χ4n) is 2.32. The highest BCUT2D eigenvalue weighted by Crippen LogP contribution is 2.25. The van der Waals surface area contributed by atoms with Gasteiger partial charge in [-0.1, -0.05) is 36.0 Å². The molecule has 0 aromatic heterocycles. The average molecular weight is 369 g/mol. The highest BCUT2D eigenvalue weighted by atomic mass is 32.2. The van der Waals surface area contributed by atoms with Gasteiger partial charge >= 0.3 is 5.97 Å². The van der Waals surface area contributed by atoms with Gasteiger partial charge in [0.25, 0.3) is 0 Å². The van der Waals surface area contributed by atoms with Crippen LogP contribution in [0.5, 0.6) is 0 Å². The van der Waals surface area contributed by atoms with Crippen molar-refractivity contribution < 1.29 is 19.5 Å². The molecule has 2 aromatic carbocycles. The van der Waals surface area contributed by atoms with E-state index >= 15 is 0 Å². The molecule has 1 fully saturated rings. The van der Waals surface area contributed by atoms with E-state index in [2.05, 4.69) is 15.6 Å². The predicted molar refractivity (Wildman–Crippen MR) is 99.7 cm³/mol. The van der Waals surface area contributed by atoms with Gasteiger partial charge in [0.15, 0.2) is 5.17 Å². The number of carboxylic acids is 1. The highest BCUT2D eigenvalue weighted by molar-refractivity contribution is 8.15. The van der Waals surface area contributed by atoms with Crippen LogP contribution in [-0.4, -0.2) is 33.3 Å². The zero-order valence-corrected chi connectivity index (χ0v) is 14.3. The maximum Gasteiger partial charge on any atom is 0.335 e. The molecule has 132 valence electrons. The van der Waals surface area contributed by atoms with Crippen molar-refractivity contribution in [1.29, 1.82) is 0 Å². The number of carbonyl (C=O) groups is 3. The van der Waals surface area contributed by atoms with Crippen LogP contribution in [0.25, 0.3) is 0 Å². The molecule has 2 aromatic rings. The van der Waals surface area contributed by atoms with E-state index in [1.807, 2.05) is 30.3 Å². The molecule has 3 N–H and O–H groups in total. The zero-order chi connectivity index (χ0) is 18.5. The van der Waals surface area contributed by atoms with E-state index < -0.39 is 11.2 Å². The van der Waals surface area contributed by atoms with Crippen LogP contribution in [0.1, 0.15) is 16.8 Å². The number of para-hydroxylation sites is 1. The summed E-state index contributed by atoms with van der Waals surface area (Å²) in [6, 6.07) is 15.1. The van der Waals surface area contributed by atoms with E-state index in [0.29, 0.717) is 16.5 Å². The smallest absolute Gasteiger partial charge is 0.335 e. The minimum absolute atomic E-state index is 0.0401. The van der Waals surface area contributed by atoms with Crippen molar-refractivity contribution >= 4 is 46.1 Å². The molecule has 2 amide bonds.